The molecule has 2 aromatic rings. The number of nitro groups is 1. The molecule has 0 aliphatic carbocycles. The van der Waals surface area contributed by atoms with E-state index in [2.05, 4.69) is 27.9 Å². The number of carbonyl (C=O) groups is 2. The molecule has 1 aliphatic heterocycles. The summed E-state index contributed by atoms with van der Waals surface area (Å²) in [4.78, 5) is 35.9. The van der Waals surface area contributed by atoms with Crippen molar-refractivity contribution >= 4 is 56.9 Å². The van der Waals surface area contributed by atoms with Crippen LogP contribution in [0.5, 0.6) is 0 Å². The number of amides is 2. The van der Waals surface area contributed by atoms with Crippen molar-refractivity contribution in [2.75, 3.05) is 5.32 Å². The minimum atomic E-state index is -0.675. The number of imide groups is 1. The molecule has 1 unspecified atom stereocenters. The van der Waals surface area contributed by atoms with Gasteiger partial charge in [-0.25, -0.2) is 0 Å². The molecule has 1 atom stereocenters. The number of anilines is 1. The zero-order chi connectivity index (χ0) is 18.0. The summed E-state index contributed by atoms with van der Waals surface area (Å²) in [6, 6.07) is 13.3. The molecule has 0 saturated carbocycles. The molecular weight excluding hydrogens is 457 g/mol. The molecule has 0 aromatic heterocycles. The lowest BCUT2D eigenvalue weighted by atomic mass is 10.2. The second-order valence-electron chi connectivity index (χ2n) is 5.26. The topological polar surface area (TPSA) is 92.6 Å². The van der Waals surface area contributed by atoms with Gasteiger partial charge in [-0.3, -0.25) is 24.6 Å². The van der Waals surface area contributed by atoms with Crippen molar-refractivity contribution in [1.82, 2.24) is 4.90 Å². The van der Waals surface area contributed by atoms with Crippen LogP contribution in [-0.2, 0) is 11.3 Å². The highest BCUT2D eigenvalue weighted by Gasteiger charge is 2.39. The Morgan fingerprint density at radius 2 is 1.76 bits per heavy atom. The summed E-state index contributed by atoms with van der Waals surface area (Å²) in [7, 11) is 0. The summed E-state index contributed by atoms with van der Waals surface area (Å²) in [6.07, 6.45) is 0. The summed E-state index contributed by atoms with van der Waals surface area (Å²) in [5.74, 6) is -0.327. The van der Waals surface area contributed by atoms with Crippen molar-refractivity contribution in [3.63, 3.8) is 0 Å². The van der Waals surface area contributed by atoms with Gasteiger partial charge in [0.1, 0.15) is 0 Å². The van der Waals surface area contributed by atoms with Crippen molar-refractivity contribution in [3.05, 3.63) is 67.8 Å². The van der Waals surface area contributed by atoms with Crippen LogP contribution in [0.2, 0.25) is 0 Å². The van der Waals surface area contributed by atoms with Crippen LogP contribution in [0.15, 0.2) is 48.5 Å². The molecule has 0 spiro atoms. The average Bonchev–Trinajstić information content (AvgIpc) is 2.85. The van der Waals surface area contributed by atoms with Crippen molar-refractivity contribution < 1.29 is 14.5 Å². The lowest BCUT2D eigenvalue weighted by Crippen LogP contribution is -2.33. The Balaban J connectivity index is 1.68. The number of hydrogen-bond acceptors (Lipinski definition) is 6. The number of benzene rings is 2. The van der Waals surface area contributed by atoms with E-state index in [1.54, 1.807) is 12.1 Å². The molecule has 1 heterocycles. The van der Waals surface area contributed by atoms with Gasteiger partial charge in [-0.2, -0.15) is 0 Å². The minimum absolute atomic E-state index is 0.0320. The zero-order valence-electron chi connectivity index (χ0n) is 12.7. The molecule has 1 aliphatic rings. The Morgan fingerprint density at radius 3 is 2.36 bits per heavy atom. The number of nitro benzene ring substituents is 1. The molecule has 3 rings (SSSR count). The Morgan fingerprint density at radius 1 is 1.12 bits per heavy atom. The van der Waals surface area contributed by atoms with Gasteiger partial charge in [-0.1, -0.05) is 12.1 Å². The monoisotopic (exact) mass is 469 g/mol. The fourth-order valence-electron chi connectivity index (χ4n) is 2.28. The maximum Gasteiger partial charge on any atom is 0.291 e. The number of halogens is 1. The Labute approximate surface area is 161 Å². The van der Waals surface area contributed by atoms with Gasteiger partial charge in [0.2, 0.25) is 0 Å². The van der Waals surface area contributed by atoms with E-state index in [4.69, 9.17) is 0 Å². The summed E-state index contributed by atoms with van der Waals surface area (Å²) < 4.78 is 1.07. The van der Waals surface area contributed by atoms with Crippen molar-refractivity contribution in [2.24, 2.45) is 0 Å². The van der Waals surface area contributed by atoms with Gasteiger partial charge in [0.25, 0.3) is 16.8 Å². The van der Waals surface area contributed by atoms with E-state index < -0.39 is 10.3 Å². The summed E-state index contributed by atoms with van der Waals surface area (Å²) in [5, 5.41) is 12.7. The molecule has 25 heavy (non-hydrogen) atoms. The first-order valence-electron chi connectivity index (χ1n) is 7.21. The van der Waals surface area contributed by atoms with Crippen LogP contribution >= 0.6 is 34.4 Å². The highest BCUT2D eigenvalue weighted by molar-refractivity contribution is 14.1. The van der Waals surface area contributed by atoms with E-state index in [1.165, 1.54) is 12.1 Å². The van der Waals surface area contributed by atoms with Crippen LogP contribution in [0, 0.1) is 13.7 Å². The molecular formula is C16H12IN3O4S. The van der Waals surface area contributed by atoms with Crippen LogP contribution in [0.25, 0.3) is 0 Å². The predicted octanol–water partition coefficient (Wildman–Crippen LogP) is 3.83. The first-order valence-corrected chi connectivity index (χ1v) is 9.17. The third-order valence-corrected chi connectivity index (χ3v) is 5.26. The van der Waals surface area contributed by atoms with Gasteiger partial charge in [0.05, 0.1) is 11.5 Å². The number of non-ortho nitro benzene ring substituents is 1. The highest BCUT2D eigenvalue weighted by atomic mass is 127. The predicted molar refractivity (Wildman–Crippen MR) is 103 cm³/mol. The average molecular weight is 469 g/mol. The van der Waals surface area contributed by atoms with Gasteiger partial charge in [-0.05, 0) is 64.2 Å². The van der Waals surface area contributed by atoms with Crippen molar-refractivity contribution in [3.8, 4) is 0 Å². The van der Waals surface area contributed by atoms with Crippen LogP contribution in [0.3, 0.4) is 0 Å². The molecule has 9 heteroatoms. The third kappa shape index (κ3) is 4.10. The smallest absolute Gasteiger partial charge is 0.291 e. The van der Waals surface area contributed by atoms with Crippen LogP contribution in [-0.4, -0.2) is 26.3 Å². The fourth-order valence-corrected chi connectivity index (χ4v) is 3.55. The summed E-state index contributed by atoms with van der Waals surface area (Å²) >= 11 is 3.11. The Hall–Kier alpha value is -2.14. The molecule has 128 valence electrons. The first-order chi connectivity index (χ1) is 11.9. The zero-order valence-corrected chi connectivity index (χ0v) is 15.7. The molecule has 0 bridgehead atoms. The van der Waals surface area contributed by atoms with E-state index in [1.807, 2.05) is 24.3 Å². The van der Waals surface area contributed by atoms with Gasteiger partial charge in [0.15, 0.2) is 5.37 Å². The maximum absolute atomic E-state index is 12.5. The standard InChI is InChI=1S/C16H12IN3O4S/c17-11-3-5-12(6-4-11)18-14-15(21)19(16(22)25-14)9-10-1-7-13(8-2-10)20(23)24/h1-8,14,18H,9H2. The summed E-state index contributed by atoms with van der Waals surface area (Å²) in [5.41, 5.74) is 1.38. The first kappa shape index (κ1) is 17.7. The summed E-state index contributed by atoms with van der Waals surface area (Å²) in [6.45, 7) is 0.0908. The molecule has 2 amide bonds. The second kappa shape index (κ2) is 7.40. The van der Waals surface area contributed by atoms with E-state index in [9.17, 15) is 19.7 Å². The molecule has 1 saturated heterocycles. The van der Waals surface area contributed by atoms with Gasteiger partial charge in [0, 0.05) is 21.4 Å². The number of hydrogen-bond donors (Lipinski definition) is 1. The van der Waals surface area contributed by atoms with Gasteiger partial charge >= 0.3 is 0 Å². The normalized spacial score (nSPS) is 17.0. The molecule has 1 N–H and O–H groups in total. The Bertz CT molecular complexity index is 826. The SMILES string of the molecule is O=C1SC(Nc2ccc(I)cc2)C(=O)N1Cc1ccc([N+](=O)[O-])cc1. The third-order valence-electron chi connectivity index (χ3n) is 3.56. The number of carbonyl (C=O) groups excluding carboxylic acids is 2. The van der Waals surface area contributed by atoms with Gasteiger partial charge < -0.3 is 5.32 Å². The van der Waals surface area contributed by atoms with Crippen molar-refractivity contribution in [1.29, 1.82) is 0 Å². The lowest BCUT2D eigenvalue weighted by molar-refractivity contribution is -0.384. The number of nitrogens with zero attached hydrogens (tertiary/aromatic N) is 2. The highest BCUT2D eigenvalue weighted by Crippen LogP contribution is 2.30. The van der Waals surface area contributed by atoms with Crippen LogP contribution < -0.4 is 5.32 Å². The van der Waals surface area contributed by atoms with Crippen LogP contribution in [0.1, 0.15) is 5.56 Å². The quantitative estimate of drug-likeness (QED) is 0.407. The number of nitrogens with one attached hydrogen (secondary N) is 1. The molecule has 2 aromatic carbocycles. The van der Waals surface area contributed by atoms with E-state index in [-0.39, 0.29) is 23.4 Å². The lowest BCUT2D eigenvalue weighted by Gasteiger charge is -2.15. The van der Waals surface area contributed by atoms with E-state index in [0.717, 1.165) is 25.9 Å². The van der Waals surface area contributed by atoms with E-state index >= 15 is 0 Å². The van der Waals surface area contributed by atoms with Crippen LogP contribution in [0.4, 0.5) is 16.2 Å². The molecule has 7 nitrogen and oxygen atoms in total. The molecule has 0 radical (unpaired) electrons. The number of rotatable bonds is 5. The second-order valence-corrected chi connectivity index (χ2v) is 7.56. The van der Waals surface area contributed by atoms with Gasteiger partial charge in [-0.15, -0.1) is 0 Å². The number of thioether (sulfide) groups is 1. The molecule has 1 fully saturated rings. The van der Waals surface area contributed by atoms with E-state index in [0.29, 0.717) is 5.56 Å². The largest absolute Gasteiger partial charge is 0.365 e. The van der Waals surface area contributed by atoms with Crippen molar-refractivity contribution in [2.45, 2.75) is 11.9 Å². The Kier molecular flexibility index (Phi) is 5.23. The fraction of sp³-hybridized carbons (Fsp3) is 0.125. The minimum Gasteiger partial charge on any atom is -0.365 e. The maximum atomic E-state index is 12.5.